The Morgan fingerprint density at radius 2 is 2.32 bits per heavy atom. The van der Waals surface area contributed by atoms with Gasteiger partial charge in [0.2, 0.25) is 0 Å². The summed E-state index contributed by atoms with van der Waals surface area (Å²) < 4.78 is 0. The van der Waals surface area contributed by atoms with Crippen LogP contribution < -0.4 is 5.32 Å². The standard InChI is InChI=1S/C12H9N5OS/c18-11(9-5-14-15-6-9)17-12-16-10(7-19-12)8-2-1-3-13-4-8/h1-7H,(H,14,15)(H,16,17,18). The second kappa shape index (κ2) is 4.99. The lowest BCUT2D eigenvalue weighted by Crippen LogP contribution is -2.10. The molecule has 0 unspecified atom stereocenters. The van der Waals surface area contributed by atoms with Gasteiger partial charge in [-0.15, -0.1) is 11.3 Å². The molecule has 3 heterocycles. The molecular weight excluding hydrogens is 262 g/mol. The third kappa shape index (κ3) is 2.50. The predicted octanol–water partition coefficient (Wildman–Crippen LogP) is 2.18. The molecule has 2 N–H and O–H groups in total. The fraction of sp³-hybridized carbons (Fsp3) is 0. The molecule has 0 aliphatic heterocycles. The number of carbonyl (C=O) groups is 1. The molecule has 1 amide bonds. The Hall–Kier alpha value is -2.54. The fourth-order valence-corrected chi connectivity index (χ4v) is 2.24. The van der Waals surface area contributed by atoms with E-state index in [0.29, 0.717) is 10.7 Å². The molecule has 3 aromatic rings. The fourth-order valence-electron chi connectivity index (χ4n) is 1.52. The van der Waals surface area contributed by atoms with Gasteiger partial charge in [-0.05, 0) is 12.1 Å². The summed E-state index contributed by atoms with van der Waals surface area (Å²) in [5, 5.41) is 11.5. The molecule has 0 atom stereocenters. The Balaban J connectivity index is 1.77. The van der Waals surface area contributed by atoms with Gasteiger partial charge in [-0.3, -0.25) is 20.2 Å². The van der Waals surface area contributed by atoms with Gasteiger partial charge in [0.15, 0.2) is 5.13 Å². The average Bonchev–Trinajstić information content (AvgIpc) is 3.11. The molecule has 0 saturated heterocycles. The minimum Gasteiger partial charge on any atom is -0.298 e. The molecule has 0 aliphatic carbocycles. The van der Waals surface area contributed by atoms with Gasteiger partial charge < -0.3 is 0 Å². The van der Waals surface area contributed by atoms with E-state index >= 15 is 0 Å². The van der Waals surface area contributed by atoms with E-state index in [9.17, 15) is 4.79 Å². The Kier molecular flexibility index (Phi) is 3.03. The number of H-pyrrole nitrogens is 1. The van der Waals surface area contributed by atoms with Crippen LogP contribution in [0.15, 0.2) is 42.3 Å². The zero-order valence-electron chi connectivity index (χ0n) is 9.70. The van der Waals surface area contributed by atoms with Crippen LogP contribution in [0.5, 0.6) is 0 Å². The minimum absolute atomic E-state index is 0.235. The lowest BCUT2D eigenvalue weighted by molar-refractivity contribution is 0.102. The largest absolute Gasteiger partial charge is 0.298 e. The molecule has 7 heteroatoms. The monoisotopic (exact) mass is 271 g/mol. The summed E-state index contributed by atoms with van der Waals surface area (Å²) in [5.41, 5.74) is 2.18. The summed E-state index contributed by atoms with van der Waals surface area (Å²) in [4.78, 5) is 20.2. The maximum absolute atomic E-state index is 11.8. The Morgan fingerprint density at radius 3 is 3.05 bits per heavy atom. The quantitative estimate of drug-likeness (QED) is 0.764. The summed E-state index contributed by atoms with van der Waals surface area (Å²) in [6.07, 6.45) is 6.43. The normalized spacial score (nSPS) is 10.3. The van der Waals surface area contributed by atoms with Crippen LogP contribution in [0, 0.1) is 0 Å². The molecule has 0 fully saturated rings. The van der Waals surface area contributed by atoms with Crippen LogP contribution >= 0.6 is 11.3 Å². The molecule has 0 saturated carbocycles. The van der Waals surface area contributed by atoms with E-state index < -0.39 is 0 Å². The minimum atomic E-state index is -0.235. The van der Waals surface area contributed by atoms with E-state index in [4.69, 9.17) is 0 Å². The maximum Gasteiger partial charge on any atom is 0.260 e. The molecule has 0 radical (unpaired) electrons. The van der Waals surface area contributed by atoms with Gasteiger partial charge in [0.1, 0.15) is 0 Å². The summed E-state index contributed by atoms with van der Waals surface area (Å²) in [5.74, 6) is -0.235. The van der Waals surface area contributed by atoms with Crippen molar-refractivity contribution >= 4 is 22.4 Å². The summed E-state index contributed by atoms with van der Waals surface area (Å²) in [6, 6.07) is 3.77. The molecule has 3 aromatic heterocycles. The van der Waals surface area contributed by atoms with E-state index in [1.165, 1.54) is 23.7 Å². The molecule has 94 valence electrons. The van der Waals surface area contributed by atoms with Crippen molar-refractivity contribution in [1.82, 2.24) is 20.2 Å². The van der Waals surface area contributed by atoms with Gasteiger partial charge in [-0.25, -0.2) is 4.98 Å². The van der Waals surface area contributed by atoms with Crippen molar-refractivity contribution in [2.24, 2.45) is 0 Å². The molecular formula is C12H9N5OS. The van der Waals surface area contributed by atoms with E-state index in [0.717, 1.165) is 11.3 Å². The van der Waals surface area contributed by atoms with Crippen molar-refractivity contribution in [3.05, 3.63) is 47.9 Å². The smallest absolute Gasteiger partial charge is 0.260 e. The van der Waals surface area contributed by atoms with Crippen molar-refractivity contribution in [3.63, 3.8) is 0 Å². The van der Waals surface area contributed by atoms with E-state index in [-0.39, 0.29) is 5.91 Å². The van der Waals surface area contributed by atoms with Gasteiger partial charge in [-0.2, -0.15) is 5.10 Å². The third-order valence-corrected chi connectivity index (χ3v) is 3.20. The van der Waals surface area contributed by atoms with E-state index in [2.05, 4.69) is 25.5 Å². The Morgan fingerprint density at radius 1 is 1.37 bits per heavy atom. The number of carbonyl (C=O) groups excluding carboxylic acids is 1. The third-order valence-electron chi connectivity index (χ3n) is 2.44. The van der Waals surface area contributed by atoms with Gasteiger partial charge in [-0.1, -0.05) is 0 Å². The predicted molar refractivity (Wildman–Crippen MR) is 71.9 cm³/mol. The number of pyridine rings is 1. The van der Waals surface area contributed by atoms with E-state index in [1.807, 2.05) is 17.5 Å². The first-order chi connectivity index (χ1) is 9.33. The van der Waals surface area contributed by atoms with Gasteiger partial charge in [0.25, 0.3) is 5.91 Å². The van der Waals surface area contributed by atoms with Gasteiger partial charge >= 0.3 is 0 Å². The molecule has 0 spiro atoms. The second-order valence-corrected chi connectivity index (χ2v) is 4.58. The van der Waals surface area contributed by atoms with Gasteiger partial charge in [0, 0.05) is 29.5 Å². The van der Waals surface area contributed by atoms with Crippen molar-refractivity contribution < 1.29 is 4.79 Å². The summed E-state index contributed by atoms with van der Waals surface area (Å²) >= 11 is 1.37. The Labute approximate surface area is 112 Å². The topological polar surface area (TPSA) is 83.6 Å². The zero-order chi connectivity index (χ0) is 13.1. The summed E-state index contributed by atoms with van der Waals surface area (Å²) in [7, 11) is 0. The van der Waals surface area contributed by atoms with E-state index in [1.54, 1.807) is 12.4 Å². The number of aromatic amines is 1. The Bertz CT molecular complexity index is 677. The number of nitrogens with one attached hydrogen (secondary N) is 2. The highest BCUT2D eigenvalue weighted by molar-refractivity contribution is 7.14. The molecule has 19 heavy (non-hydrogen) atoms. The number of nitrogens with zero attached hydrogens (tertiary/aromatic N) is 3. The first-order valence-corrected chi connectivity index (χ1v) is 6.37. The number of amides is 1. The summed E-state index contributed by atoms with van der Waals surface area (Å²) in [6.45, 7) is 0. The molecule has 6 nitrogen and oxygen atoms in total. The van der Waals surface area contributed by atoms with Crippen LogP contribution in [0.25, 0.3) is 11.3 Å². The van der Waals surface area contributed by atoms with Crippen molar-refractivity contribution in [2.75, 3.05) is 5.32 Å². The lowest BCUT2D eigenvalue weighted by Gasteiger charge is -1.97. The van der Waals surface area contributed by atoms with Crippen molar-refractivity contribution in [3.8, 4) is 11.3 Å². The highest BCUT2D eigenvalue weighted by atomic mass is 32.1. The van der Waals surface area contributed by atoms with Crippen LogP contribution in [0.4, 0.5) is 5.13 Å². The molecule has 0 aromatic carbocycles. The first kappa shape index (κ1) is 11.5. The molecule has 3 rings (SSSR count). The molecule has 0 aliphatic rings. The van der Waals surface area contributed by atoms with Crippen LogP contribution in [-0.4, -0.2) is 26.1 Å². The number of thiazole rings is 1. The number of rotatable bonds is 3. The van der Waals surface area contributed by atoms with Crippen LogP contribution in [-0.2, 0) is 0 Å². The van der Waals surface area contributed by atoms with Crippen LogP contribution in [0.3, 0.4) is 0 Å². The maximum atomic E-state index is 11.8. The van der Waals surface area contributed by atoms with Crippen molar-refractivity contribution in [1.29, 1.82) is 0 Å². The SMILES string of the molecule is O=C(Nc1nc(-c2cccnc2)cs1)c1cn[nH]c1. The first-order valence-electron chi connectivity index (χ1n) is 5.49. The zero-order valence-corrected chi connectivity index (χ0v) is 10.5. The number of hydrogen-bond acceptors (Lipinski definition) is 5. The van der Waals surface area contributed by atoms with Crippen LogP contribution in [0.1, 0.15) is 10.4 Å². The second-order valence-electron chi connectivity index (χ2n) is 3.72. The number of aromatic nitrogens is 4. The number of hydrogen-bond donors (Lipinski definition) is 2. The van der Waals surface area contributed by atoms with Gasteiger partial charge in [0.05, 0.1) is 17.5 Å². The highest BCUT2D eigenvalue weighted by Crippen LogP contribution is 2.24. The number of anilines is 1. The lowest BCUT2D eigenvalue weighted by atomic mass is 10.2. The molecule has 0 bridgehead atoms. The van der Waals surface area contributed by atoms with Crippen molar-refractivity contribution in [2.45, 2.75) is 0 Å². The average molecular weight is 271 g/mol. The van der Waals surface area contributed by atoms with Crippen LogP contribution in [0.2, 0.25) is 0 Å². The highest BCUT2D eigenvalue weighted by Gasteiger charge is 2.10.